The Balaban J connectivity index is 3.01. The van der Waals surface area contributed by atoms with E-state index in [9.17, 15) is 24.8 Å². The summed E-state index contributed by atoms with van der Waals surface area (Å²) in [5.74, 6) is -0.824. The number of nitro benzene ring substituents is 1. The first-order valence-corrected chi connectivity index (χ1v) is 5.78. The summed E-state index contributed by atoms with van der Waals surface area (Å²) < 4.78 is 4.70. The standard InChI is InChI=1S/C13H13NO6/c1-2-20-12(16)5-3-4-9-6-11(14(18)19)7-10(8-15)13(9)17/h3-4,6-8,17H,2,5H2,1H3. The summed E-state index contributed by atoms with van der Waals surface area (Å²) >= 11 is 0. The summed E-state index contributed by atoms with van der Waals surface area (Å²) in [5, 5.41) is 20.5. The second kappa shape index (κ2) is 7.03. The van der Waals surface area contributed by atoms with Crippen LogP contribution in [0, 0.1) is 10.1 Å². The quantitative estimate of drug-likeness (QED) is 0.370. The zero-order chi connectivity index (χ0) is 15.1. The maximum atomic E-state index is 11.1. The van der Waals surface area contributed by atoms with Gasteiger partial charge in [0.25, 0.3) is 5.69 Å². The molecule has 0 aliphatic rings. The minimum absolute atomic E-state index is 0.0353. The van der Waals surface area contributed by atoms with Gasteiger partial charge in [0.2, 0.25) is 0 Å². The molecule has 0 fully saturated rings. The van der Waals surface area contributed by atoms with Crippen molar-refractivity contribution in [1.82, 2.24) is 0 Å². The molecule has 0 aliphatic heterocycles. The molecule has 0 saturated carbocycles. The van der Waals surface area contributed by atoms with Crippen LogP contribution < -0.4 is 0 Å². The van der Waals surface area contributed by atoms with Gasteiger partial charge in [0.1, 0.15) is 5.75 Å². The summed E-state index contributed by atoms with van der Waals surface area (Å²) in [6.07, 6.45) is 3.01. The van der Waals surface area contributed by atoms with E-state index in [-0.39, 0.29) is 35.6 Å². The van der Waals surface area contributed by atoms with Crippen LogP contribution in [0.2, 0.25) is 0 Å². The molecule has 0 heterocycles. The number of carbonyl (C=O) groups excluding carboxylic acids is 2. The summed E-state index contributed by atoms with van der Waals surface area (Å²) in [5.41, 5.74) is -0.415. The van der Waals surface area contributed by atoms with E-state index in [2.05, 4.69) is 0 Å². The number of hydrogen-bond acceptors (Lipinski definition) is 6. The fourth-order valence-electron chi connectivity index (χ4n) is 1.49. The number of esters is 1. The highest BCUT2D eigenvalue weighted by atomic mass is 16.6. The summed E-state index contributed by atoms with van der Waals surface area (Å²) in [4.78, 5) is 31.9. The Bertz CT molecular complexity index is 564. The van der Waals surface area contributed by atoms with Crippen LogP contribution in [0.3, 0.4) is 0 Å². The molecule has 1 aromatic carbocycles. The first-order chi connectivity index (χ1) is 9.49. The lowest BCUT2D eigenvalue weighted by Crippen LogP contribution is -2.01. The fraction of sp³-hybridized carbons (Fsp3) is 0.231. The third-order valence-corrected chi connectivity index (χ3v) is 2.38. The van der Waals surface area contributed by atoms with Crippen molar-refractivity contribution in [2.75, 3.05) is 6.61 Å². The van der Waals surface area contributed by atoms with Gasteiger partial charge in [-0.1, -0.05) is 12.2 Å². The Morgan fingerprint density at radius 1 is 1.45 bits per heavy atom. The average Bonchev–Trinajstić information content (AvgIpc) is 2.40. The van der Waals surface area contributed by atoms with Gasteiger partial charge in [0, 0.05) is 17.7 Å². The van der Waals surface area contributed by atoms with E-state index in [1.165, 1.54) is 12.2 Å². The smallest absolute Gasteiger partial charge is 0.309 e. The predicted octanol–water partition coefficient (Wildman–Crippen LogP) is 2.08. The third kappa shape index (κ3) is 3.91. The molecule has 0 unspecified atom stereocenters. The number of hydrogen-bond donors (Lipinski definition) is 1. The molecule has 0 aliphatic carbocycles. The Labute approximate surface area is 114 Å². The Hall–Kier alpha value is -2.70. The second-order valence-corrected chi connectivity index (χ2v) is 3.76. The van der Waals surface area contributed by atoms with Crippen molar-refractivity contribution in [3.63, 3.8) is 0 Å². The van der Waals surface area contributed by atoms with Crippen LogP contribution in [0.25, 0.3) is 6.08 Å². The molecule has 1 N–H and O–H groups in total. The lowest BCUT2D eigenvalue weighted by Gasteiger charge is -2.03. The molecular formula is C13H13NO6. The van der Waals surface area contributed by atoms with Crippen LogP contribution in [-0.2, 0) is 9.53 Å². The summed E-state index contributed by atoms with van der Waals surface area (Å²) in [6.45, 7) is 1.92. The molecule has 7 heteroatoms. The van der Waals surface area contributed by atoms with Crippen molar-refractivity contribution in [3.05, 3.63) is 39.4 Å². The average molecular weight is 279 g/mol. The van der Waals surface area contributed by atoms with Gasteiger partial charge in [-0.3, -0.25) is 19.7 Å². The number of rotatable bonds is 6. The van der Waals surface area contributed by atoms with Gasteiger partial charge in [-0.2, -0.15) is 0 Å². The SMILES string of the molecule is CCOC(=O)CC=Cc1cc([N+](=O)[O-])cc(C=O)c1O. The van der Waals surface area contributed by atoms with E-state index < -0.39 is 10.9 Å². The monoisotopic (exact) mass is 279 g/mol. The number of nitro groups is 1. The highest BCUT2D eigenvalue weighted by Gasteiger charge is 2.14. The van der Waals surface area contributed by atoms with Crippen LogP contribution in [-0.4, -0.2) is 28.9 Å². The van der Waals surface area contributed by atoms with E-state index in [4.69, 9.17) is 4.74 Å². The van der Waals surface area contributed by atoms with Gasteiger partial charge in [0.15, 0.2) is 6.29 Å². The highest BCUT2D eigenvalue weighted by Crippen LogP contribution is 2.28. The van der Waals surface area contributed by atoms with Gasteiger partial charge >= 0.3 is 5.97 Å². The molecule has 7 nitrogen and oxygen atoms in total. The van der Waals surface area contributed by atoms with Crippen molar-refractivity contribution in [3.8, 4) is 5.75 Å². The number of phenolic OH excluding ortho intramolecular Hbond substituents is 1. The molecule has 0 atom stereocenters. The summed E-state index contributed by atoms with van der Waals surface area (Å²) in [6, 6.07) is 2.09. The summed E-state index contributed by atoms with van der Waals surface area (Å²) in [7, 11) is 0. The number of non-ortho nitro benzene ring substituents is 1. The third-order valence-electron chi connectivity index (χ3n) is 2.38. The van der Waals surface area contributed by atoms with E-state index in [0.29, 0.717) is 6.29 Å². The molecule has 0 amide bonds. The zero-order valence-corrected chi connectivity index (χ0v) is 10.7. The first kappa shape index (κ1) is 15.4. The largest absolute Gasteiger partial charge is 0.507 e. The minimum atomic E-state index is -0.672. The predicted molar refractivity (Wildman–Crippen MR) is 70.4 cm³/mol. The van der Waals surface area contributed by atoms with Gasteiger partial charge in [-0.15, -0.1) is 0 Å². The van der Waals surface area contributed by atoms with Crippen molar-refractivity contribution in [2.45, 2.75) is 13.3 Å². The van der Waals surface area contributed by atoms with Gasteiger partial charge in [-0.05, 0) is 6.92 Å². The van der Waals surface area contributed by atoms with Crippen molar-refractivity contribution in [2.24, 2.45) is 0 Å². The van der Waals surface area contributed by atoms with Gasteiger partial charge in [-0.25, -0.2) is 0 Å². The molecule has 1 rings (SSSR count). The maximum absolute atomic E-state index is 11.1. The number of ether oxygens (including phenoxy) is 1. The van der Waals surface area contributed by atoms with Crippen LogP contribution >= 0.6 is 0 Å². The molecule has 20 heavy (non-hydrogen) atoms. The zero-order valence-electron chi connectivity index (χ0n) is 10.7. The lowest BCUT2D eigenvalue weighted by molar-refractivity contribution is -0.384. The Kier molecular flexibility index (Phi) is 5.40. The molecule has 0 bridgehead atoms. The van der Waals surface area contributed by atoms with E-state index in [1.54, 1.807) is 6.92 Å². The topological polar surface area (TPSA) is 107 Å². The number of phenols is 1. The maximum Gasteiger partial charge on any atom is 0.309 e. The van der Waals surface area contributed by atoms with Crippen molar-refractivity contribution < 1.29 is 24.4 Å². The van der Waals surface area contributed by atoms with E-state index >= 15 is 0 Å². The van der Waals surface area contributed by atoms with Crippen LogP contribution in [0.15, 0.2) is 18.2 Å². The normalized spacial score (nSPS) is 10.4. The van der Waals surface area contributed by atoms with Crippen molar-refractivity contribution >= 4 is 24.0 Å². The van der Waals surface area contributed by atoms with Gasteiger partial charge in [0.05, 0.1) is 23.5 Å². The molecule has 1 aromatic rings. The molecule has 0 aromatic heterocycles. The number of aldehydes is 1. The number of benzene rings is 1. The van der Waals surface area contributed by atoms with Crippen LogP contribution in [0.1, 0.15) is 29.3 Å². The molecule has 106 valence electrons. The van der Waals surface area contributed by atoms with Crippen molar-refractivity contribution in [1.29, 1.82) is 0 Å². The fourth-order valence-corrected chi connectivity index (χ4v) is 1.49. The van der Waals surface area contributed by atoms with E-state index in [1.807, 2.05) is 0 Å². The van der Waals surface area contributed by atoms with Crippen LogP contribution in [0.4, 0.5) is 5.69 Å². The number of carbonyl (C=O) groups is 2. The lowest BCUT2D eigenvalue weighted by atomic mass is 10.1. The highest BCUT2D eigenvalue weighted by molar-refractivity contribution is 5.84. The second-order valence-electron chi connectivity index (χ2n) is 3.76. The first-order valence-electron chi connectivity index (χ1n) is 5.78. The van der Waals surface area contributed by atoms with Crippen LogP contribution in [0.5, 0.6) is 5.75 Å². The van der Waals surface area contributed by atoms with E-state index in [0.717, 1.165) is 12.1 Å². The minimum Gasteiger partial charge on any atom is -0.507 e. The Morgan fingerprint density at radius 3 is 2.65 bits per heavy atom. The molecular weight excluding hydrogens is 266 g/mol. The number of nitrogens with zero attached hydrogens (tertiary/aromatic N) is 1. The molecule has 0 saturated heterocycles. The molecule has 0 radical (unpaired) electrons. The molecule has 0 spiro atoms. The van der Waals surface area contributed by atoms with Gasteiger partial charge < -0.3 is 9.84 Å². The number of aromatic hydroxyl groups is 1. The Morgan fingerprint density at radius 2 is 2.10 bits per heavy atom.